The van der Waals surface area contributed by atoms with Gasteiger partial charge in [0.25, 0.3) is 5.56 Å². The third kappa shape index (κ3) is 3.48. The van der Waals surface area contributed by atoms with Gasteiger partial charge in [0.2, 0.25) is 5.91 Å². The van der Waals surface area contributed by atoms with Gasteiger partial charge in [-0.2, -0.15) is 0 Å². The zero-order valence-corrected chi connectivity index (χ0v) is 14.6. The Labute approximate surface area is 151 Å². The molecule has 0 saturated carbocycles. The highest BCUT2D eigenvalue weighted by atomic mass is 16.5. The van der Waals surface area contributed by atoms with Crippen LogP contribution in [0, 0.1) is 0 Å². The van der Waals surface area contributed by atoms with Crippen LogP contribution in [-0.2, 0) is 24.2 Å². The Morgan fingerprint density at radius 1 is 1.19 bits per heavy atom. The summed E-state index contributed by atoms with van der Waals surface area (Å²) >= 11 is 0. The topological polar surface area (TPSA) is 78.5 Å². The lowest BCUT2D eigenvalue weighted by Crippen LogP contribution is -2.42. The molecule has 2 aliphatic rings. The number of hydrogen-bond donors (Lipinski definition) is 1. The quantitative estimate of drug-likeness (QED) is 0.854. The van der Waals surface area contributed by atoms with Crippen molar-refractivity contribution >= 4 is 5.91 Å². The summed E-state index contributed by atoms with van der Waals surface area (Å²) in [6.45, 7) is 3.52. The highest BCUT2D eigenvalue weighted by Crippen LogP contribution is 2.22. The van der Waals surface area contributed by atoms with Gasteiger partial charge < -0.3 is 14.6 Å². The average Bonchev–Trinajstić information content (AvgIpc) is 2.98. The molecule has 26 heavy (non-hydrogen) atoms. The lowest BCUT2D eigenvalue weighted by molar-refractivity contribution is -0.132. The van der Waals surface area contributed by atoms with Crippen LogP contribution in [0.4, 0.5) is 0 Å². The molecule has 136 valence electrons. The number of fused-ring (bicyclic) bond motifs is 2. The Morgan fingerprint density at radius 2 is 2.04 bits per heavy atom. The molecule has 2 aromatic rings. The minimum atomic E-state index is -0.0921. The van der Waals surface area contributed by atoms with E-state index in [1.807, 2.05) is 29.2 Å². The molecule has 1 aromatic carbocycles. The maximum atomic E-state index is 12.8. The van der Waals surface area contributed by atoms with Crippen LogP contribution in [0.25, 0.3) is 0 Å². The van der Waals surface area contributed by atoms with Crippen molar-refractivity contribution in [1.29, 1.82) is 0 Å². The third-order valence-corrected chi connectivity index (χ3v) is 5.03. The molecule has 7 heteroatoms. The third-order valence-electron chi connectivity index (χ3n) is 5.03. The normalized spacial score (nSPS) is 17.5. The summed E-state index contributed by atoms with van der Waals surface area (Å²) in [6.07, 6.45) is 2.61. The molecule has 1 amide bonds. The predicted octanol–water partition coefficient (Wildman–Crippen LogP) is 0.592. The van der Waals surface area contributed by atoms with Crippen molar-refractivity contribution in [3.8, 4) is 5.75 Å². The SMILES string of the molecule is O=C(CN1CCOc2ccccc2C1)N1CCc2nc[nH]c(=O)c2CC1. The standard InChI is InChI=1S/C19H22N4O3/c24-18(12-22-9-10-26-17-4-2-1-3-14(17)11-22)23-7-5-15-16(6-8-23)20-13-21-19(15)25/h1-4,13H,5-12H2,(H,20,21,25). The number of H-pyrrole nitrogens is 1. The van der Waals surface area contributed by atoms with Crippen LogP contribution in [0.5, 0.6) is 5.75 Å². The van der Waals surface area contributed by atoms with E-state index in [1.54, 1.807) is 0 Å². The molecular weight excluding hydrogens is 332 g/mol. The van der Waals surface area contributed by atoms with Crippen molar-refractivity contribution in [2.45, 2.75) is 19.4 Å². The fourth-order valence-corrected chi connectivity index (χ4v) is 3.59. The van der Waals surface area contributed by atoms with Gasteiger partial charge in [0.05, 0.1) is 18.6 Å². The number of aromatic nitrogens is 2. The van der Waals surface area contributed by atoms with E-state index in [4.69, 9.17) is 4.74 Å². The second kappa shape index (κ2) is 7.29. The minimum Gasteiger partial charge on any atom is -0.492 e. The first-order valence-electron chi connectivity index (χ1n) is 8.97. The Balaban J connectivity index is 1.41. The zero-order valence-electron chi connectivity index (χ0n) is 14.6. The fraction of sp³-hybridized carbons (Fsp3) is 0.421. The molecule has 0 aliphatic carbocycles. The second-order valence-electron chi connectivity index (χ2n) is 6.70. The summed E-state index contributed by atoms with van der Waals surface area (Å²) < 4.78 is 5.77. The van der Waals surface area contributed by atoms with E-state index >= 15 is 0 Å². The molecule has 7 nitrogen and oxygen atoms in total. The highest BCUT2D eigenvalue weighted by molar-refractivity contribution is 5.78. The van der Waals surface area contributed by atoms with Gasteiger partial charge in [-0.05, 0) is 12.5 Å². The number of nitrogens with one attached hydrogen (secondary N) is 1. The second-order valence-corrected chi connectivity index (χ2v) is 6.70. The minimum absolute atomic E-state index is 0.0913. The van der Waals surface area contributed by atoms with Gasteiger partial charge in [0.15, 0.2) is 0 Å². The summed E-state index contributed by atoms with van der Waals surface area (Å²) in [5, 5.41) is 0. The monoisotopic (exact) mass is 354 g/mol. The van der Waals surface area contributed by atoms with Gasteiger partial charge >= 0.3 is 0 Å². The molecule has 0 atom stereocenters. The molecule has 0 spiro atoms. The van der Waals surface area contributed by atoms with Crippen molar-refractivity contribution in [3.63, 3.8) is 0 Å². The van der Waals surface area contributed by atoms with Crippen molar-refractivity contribution in [2.24, 2.45) is 0 Å². The van der Waals surface area contributed by atoms with Crippen molar-refractivity contribution < 1.29 is 9.53 Å². The summed E-state index contributed by atoms with van der Waals surface area (Å²) in [5.41, 5.74) is 2.53. The van der Waals surface area contributed by atoms with E-state index in [-0.39, 0.29) is 11.5 Å². The molecule has 0 radical (unpaired) electrons. The van der Waals surface area contributed by atoms with Gasteiger partial charge in [-0.3, -0.25) is 14.5 Å². The van der Waals surface area contributed by atoms with Crippen molar-refractivity contribution in [2.75, 3.05) is 32.8 Å². The molecule has 0 unspecified atom stereocenters. The van der Waals surface area contributed by atoms with E-state index in [0.717, 1.165) is 23.6 Å². The number of benzene rings is 1. The summed E-state index contributed by atoms with van der Waals surface area (Å²) in [7, 11) is 0. The molecule has 0 fully saturated rings. The van der Waals surface area contributed by atoms with E-state index in [9.17, 15) is 9.59 Å². The van der Waals surface area contributed by atoms with E-state index in [0.29, 0.717) is 51.2 Å². The molecule has 3 heterocycles. The molecule has 4 rings (SSSR count). The molecule has 0 saturated heterocycles. The maximum absolute atomic E-state index is 12.8. The number of nitrogens with zero attached hydrogens (tertiary/aromatic N) is 3. The number of ether oxygens (including phenoxy) is 1. The average molecular weight is 354 g/mol. The van der Waals surface area contributed by atoms with Crippen LogP contribution in [0.2, 0.25) is 0 Å². The van der Waals surface area contributed by atoms with Gasteiger partial charge in [-0.25, -0.2) is 4.98 Å². The van der Waals surface area contributed by atoms with Crippen molar-refractivity contribution in [1.82, 2.24) is 19.8 Å². The zero-order chi connectivity index (χ0) is 17.9. The van der Waals surface area contributed by atoms with Crippen LogP contribution in [0.15, 0.2) is 35.4 Å². The smallest absolute Gasteiger partial charge is 0.254 e. The first-order chi connectivity index (χ1) is 12.7. The number of aromatic amines is 1. The Kier molecular flexibility index (Phi) is 4.71. The number of amides is 1. The molecule has 1 N–H and O–H groups in total. The van der Waals surface area contributed by atoms with Gasteiger partial charge in [-0.15, -0.1) is 0 Å². The van der Waals surface area contributed by atoms with Crippen LogP contribution >= 0.6 is 0 Å². The largest absolute Gasteiger partial charge is 0.492 e. The van der Waals surface area contributed by atoms with Gasteiger partial charge in [-0.1, -0.05) is 18.2 Å². The summed E-state index contributed by atoms with van der Waals surface area (Å²) in [4.78, 5) is 35.6. The van der Waals surface area contributed by atoms with E-state index in [2.05, 4.69) is 14.9 Å². The van der Waals surface area contributed by atoms with E-state index in [1.165, 1.54) is 6.33 Å². The summed E-state index contributed by atoms with van der Waals surface area (Å²) in [6, 6.07) is 7.96. The molecule has 2 aliphatic heterocycles. The number of hydrogen-bond acceptors (Lipinski definition) is 5. The van der Waals surface area contributed by atoms with Gasteiger partial charge in [0, 0.05) is 43.7 Å². The maximum Gasteiger partial charge on any atom is 0.254 e. The molecule has 1 aromatic heterocycles. The Bertz CT molecular complexity index is 864. The predicted molar refractivity (Wildman–Crippen MR) is 96.1 cm³/mol. The van der Waals surface area contributed by atoms with Crippen molar-refractivity contribution in [3.05, 3.63) is 57.8 Å². The van der Waals surface area contributed by atoms with Gasteiger partial charge in [0.1, 0.15) is 12.4 Å². The van der Waals surface area contributed by atoms with Crippen LogP contribution < -0.4 is 10.3 Å². The van der Waals surface area contributed by atoms with E-state index < -0.39 is 0 Å². The lowest BCUT2D eigenvalue weighted by Gasteiger charge is -2.25. The Morgan fingerprint density at radius 3 is 2.96 bits per heavy atom. The highest BCUT2D eigenvalue weighted by Gasteiger charge is 2.24. The molecule has 0 bridgehead atoms. The van der Waals surface area contributed by atoms with Crippen LogP contribution in [0.1, 0.15) is 16.8 Å². The number of carbonyl (C=O) groups is 1. The molecular formula is C19H22N4O3. The first kappa shape index (κ1) is 16.8. The fourth-order valence-electron chi connectivity index (χ4n) is 3.59. The number of para-hydroxylation sites is 1. The number of rotatable bonds is 2. The van der Waals surface area contributed by atoms with Crippen LogP contribution in [-0.4, -0.2) is 58.5 Å². The lowest BCUT2D eigenvalue weighted by atomic mass is 10.1. The Hall–Kier alpha value is -2.67. The van der Waals surface area contributed by atoms with Crippen LogP contribution in [0.3, 0.4) is 0 Å². The summed E-state index contributed by atoms with van der Waals surface area (Å²) in [5.74, 6) is 0.992. The first-order valence-corrected chi connectivity index (χ1v) is 8.97. The number of carbonyl (C=O) groups excluding carboxylic acids is 1.